The van der Waals surface area contributed by atoms with Gasteiger partial charge in [-0.2, -0.15) is 0 Å². The Bertz CT molecular complexity index is 512. The van der Waals surface area contributed by atoms with Gasteiger partial charge in [0.2, 0.25) is 0 Å². The third-order valence-electron chi connectivity index (χ3n) is 2.54. The third-order valence-corrected chi connectivity index (χ3v) is 2.86. The molecule has 2 rings (SSSR count). The van der Waals surface area contributed by atoms with Crippen molar-refractivity contribution in [1.82, 2.24) is 0 Å². The van der Waals surface area contributed by atoms with Gasteiger partial charge in [0, 0.05) is 12.5 Å². The number of ether oxygens (including phenoxy) is 3. The van der Waals surface area contributed by atoms with Crippen molar-refractivity contribution >= 4 is 23.4 Å². The van der Waals surface area contributed by atoms with Crippen molar-refractivity contribution < 1.29 is 23.8 Å². The molecule has 0 aliphatic carbocycles. The highest BCUT2D eigenvalue weighted by atomic mass is 35.5. The summed E-state index contributed by atoms with van der Waals surface area (Å²) in [7, 11) is 0. The van der Waals surface area contributed by atoms with E-state index in [9.17, 15) is 9.59 Å². The molecule has 0 saturated carbocycles. The minimum absolute atomic E-state index is 0.0596. The number of ketones is 1. The SMILES string of the molecule is CCOC(=O)C(=O)c1cc2c(cc1Cl)OCCCO2. The highest BCUT2D eigenvalue weighted by molar-refractivity contribution is 6.45. The quantitative estimate of drug-likeness (QED) is 0.484. The van der Waals surface area contributed by atoms with E-state index in [4.69, 9.17) is 21.1 Å². The molecule has 0 bridgehead atoms. The zero-order valence-electron chi connectivity index (χ0n) is 10.4. The molecule has 1 aliphatic heterocycles. The maximum absolute atomic E-state index is 11.9. The molecule has 5 nitrogen and oxygen atoms in total. The minimum Gasteiger partial charge on any atom is -0.490 e. The molecule has 0 spiro atoms. The number of fused-ring (bicyclic) bond motifs is 1. The first-order chi connectivity index (χ1) is 9.13. The maximum Gasteiger partial charge on any atom is 0.379 e. The fourth-order valence-electron chi connectivity index (χ4n) is 1.66. The molecule has 6 heteroatoms. The van der Waals surface area contributed by atoms with Gasteiger partial charge in [0.1, 0.15) is 0 Å². The second-order valence-electron chi connectivity index (χ2n) is 3.88. The van der Waals surface area contributed by atoms with Crippen molar-refractivity contribution in [2.24, 2.45) is 0 Å². The van der Waals surface area contributed by atoms with Crippen LogP contribution in [-0.2, 0) is 9.53 Å². The van der Waals surface area contributed by atoms with Gasteiger partial charge in [0.25, 0.3) is 5.78 Å². The normalized spacial score (nSPS) is 13.6. The number of rotatable bonds is 3. The van der Waals surface area contributed by atoms with Crippen LogP contribution >= 0.6 is 11.6 Å². The molecule has 0 unspecified atom stereocenters. The van der Waals surface area contributed by atoms with E-state index in [1.54, 1.807) is 6.92 Å². The van der Waals surface area contributed by atoms with E-state index in [-0.39, 0.29) is 17.2 Å². The van der Waals surface area contributed by atoms with E-state index >= 15 is 0 Å². The predicted octanol–water partition coefficient (Wildman–Crippen LogP) is 2.25. The average Bonchev–Trinajstić information content (AvgIpc) is 2.62. The lowest BCUT2D eigenvalue weighted by Gasteiger charge is -2.10. The van der Waals surface area contributed by atoms with E-state index < -0.39 is 11.8 Å². The van der Waals surface area contributed by atoms with Crippen molar-refractivity contribution in [3.63, 3.8) is 0 Å². The summed E-state index contributed by atoms with van der Waals surface area (Å²) in [5.74, 6) is -0.834. The molecular weight excluding hydrogens is 272 g/mol. The second kappa shape index (κ2) is 5.93. The Morgan fingerprint density at radius 3 is 2.53 bits per heavy atom. The van der Waals surface area contributed by atoms with Crippen molar-refractivity contribution in [2.75, 3.05) is 19.8 Å². The number of hydrogen-bond donors (Lipinski definition) is 0. The van der Waals surface area contributed by atoms with E-state index in [0.717, 1.165) is 6.42 Å². The molecule has 1 heterocycles. The lowest BCUT2D eigenvalue weighted by atomic mass is 10.1. The van der Waals surface area contributed by atoms with Crippen LogP contribution in [0.4, 0.5) is 0 Å². The third kappa shape index (κ3) is 2.98. The van der Waals surface area contributed by atoms with Crippen LogP contribution in [0, 0.1) is 0 Å². The molecule has 102 valence electrons. The van der Waals surface area contributed by atoms with E-state index in [1.807, 2.05) is 0 Å². The number of carbonyl (C=O) groups is 2. The van der Waals surface area contributed by atoms with Gasteiger partial charge >= 0.3 is 5.97 Å². The Hall–Kier alpha value is -1.75. The molecule has 0 amide bonds. The number of esters is 1. The summed E-state index contributed by atoms with van der Waals surface area (Å²) in [5.41, 5.74) is 0.0596. The first-order valence-corrected chi connectivity index (χ1v) is 6.32. The predicted molar refractivity (Wildman–Crippen MR) is 68.0 cm³/mol. The van der Waals surface area contributed by atoms with Crippen LogP contribution in [0.5, 0.6) is 11.5 Å². The molecular formula is C13H13ClO5. The van der Waals surface area contributed by atoms with Crippen LogP contribution in [0.2, 0.25) is 5.02 Å². The Morgan fingerprint density at radius 2 is 1.89 bits per heavy atom. The second-order valence-corrected chi connectivity index (χ2v) is 4.29. The largest absolute Gasteiger partial charge is 0.490 e. The summed E-state index contributed by atoms with van der Waals surface area (Å²) < 4.78 is 15.5. The summed E-state index contributed by atoms with van der Waals surface area (Å²) in [6, 6.07) is 2.90. The zero-order valence-corrected chi connectivity index (χ0v) is 11.2. The summed E-state index contributed by atoms with van der Waals surface area (Å²) in [6.07, 6.45) is 0.744. The van der Waals surface area contributed by atoms with Gasteiger partial charge < -0.3 is 14.2 Å². The number of Topliss-reactive ketones (excluding diaryl/α,β-unsaturated/α-hetero) is 1. The Balaban J connectivity index is 2.33. The average molecular weight is 285 g/mol. The Labute approximate surface area is 115 Å². The number of carbonyl (C=O) groups excluding carboxylic acids is 2. The Kier molecular flexibility index (Phi) is 4.27. The van der Waals surface area contributed by atoms with Crippen LogP contribution in [0.1, 0.15) is 23.7 Å². The van der Waals surface area contributed by atoms with Gasteiger partial charge in [0.05, 0.1) is 30.4 Å². The van der Waals surface area contributed by atoms with E-state index in [1.165, 1.54) is 12.1 Å². The smallest absolute Gasteiger partial charge is 0.379 e. The molecule has 0 radical (unpaired) electrons. The molecule has 0 aromatic heterocycles. The van der Waals surface area contributed by atoms with Crippen LogP contribution in [0.25, 0.3) is 0 Å². The standard InChI is InChI=1S/C13H13ClO5/c1-2-17-13(16)12(15)8-6-10-11(7-9(8)14)19-5-3-4-18-10/h6-7H,2-5H2,1H3. The van der Waals surface area contributed by atoms with Gasteiger partial charge in [-0.3, -0.25) is 4.79 Å². The van der Waals surface area contributed by atoms with Crippen LogP contribution < -0.4 is 9.47 Å². The molecule has 1 aromatic carbocycles. The van der Waals surface area contributed by atoms with Gasteiger partial charge in [-0.15, -0.1) is 0 Å². The molecule has 0 atom stereocenters. The molecule has 19 heavy (non-hydrogen) atoms. The van der Waals surface area contributed by atoms with Crippen molar-refractivity contribution in [3.05, 3.63) is 22.7 Å². The van der Waals surface area contributed by atoms with Crippen LogP contribution in [-0.4, -0.2) is 31.6 Å². The monoisotopic (exact) mass is 284 g/mol. The fraction of sp³-hybridized carbons (Fsp3) is 0.385. The van der Waals surface area contributed by atoms with Crippen molar-refractivity contribution in [2.45, 2.75) is 13.3 Å². The number of benzene rings is 1. The maximum atomic E-state index is 11.9. The van der Waals surface area contributed by atoms with Gasteiger partial charge in [0.15, 0.2) is 11.5 Å². The Morgan fingerprint density at radius 1 is 1.26 bits per heavy atom. The van der Waals surface area contributed by atoms with Gasteiger partial charge in [-0.25, -0.2) is 4.79 Å². The van der Waals surface area contributed by atoms with E-state index in [2.05, 4.69) is 4.74 Å². The highest BCUT2D eigenvalue weighted by Gasteiger charge is 2.23. The first-order valence-electron chi connectivity index (χ1n) is 5.94. The topological polar surface area (TPSA) is 61.8 Å². The molecule has 1 aromatic rings. The summed E-state index contributed by atoms with van der Waals surface area (Å²) in [4.78, 5) is 23.3. The first kappa shape index (κ1) is 13.7. The van der Waals surface area contributed by atoms with Crippen LogP contribution in [0.15, 0.2) is 12.1 Å². The van der Waals surface area contributed by atoms with Crippen molar-refractivity contribution in [1.29, 1.82) is 0 Å². The molecule has 0 saturated heterocycles. The zero-order chi connectivity index (χ0) is 13.8. The summed E-state index contributed by atoms with van der Waals surface area (Å²) in [5, 5.41) is 0.141. The summed E-state index contributed by atoms with van der Waals surface area (Å²) >= 11 is 5.99. The highest BCUT2D eigenvalue weighted by Crippen LogP contribution is 2.35. The number of halogens is 1. The molecule has 1 aliphatic rings. The minimum atomic E-state index is -0.932. The molecule has 0 fully saturated rings. The lowest BCUT2D eigenvalue weighted by molar-refractivity contribution is -0.137. The molecule has 0 N–H and O–H groups in total. The van der Waals surface area contributed by atoms with Crippen molar-refractivity contribution in [3.8, 4) is 11.5 Å². The van der Waals surface area contributed by atoms with Gasteiger partial charge in [-0.05, 0) is 13.0 Å². The summed E-state index contributed by atoms with van der Waals surface area (Å²) in [6.45, 7) is 2.77. The van der Waals surface area contributed by atoms with Gasteiger partial charge in [-0.1, -0.05) is 11.6 Å². The fourth-order valence-corrected chi connectivity index (χ4v) is 1.90. The van der Waals surface area contributed by atoms with Crippen LogP contribution in [0.3, 0.4) is 0 Å². The number of hydrogen-bond acceptors (Lipinski definition) is 5. The lowest BCUT2D eigenvalue weighted by Crippen LogP contribution is -2.18. The van der Waals surface area contributed by atoms with E-state index in [0.29, 0.717) is 24.7 Å².